The minimum absolute atomic E-state index is 0.138. The standard InChI is InChI=1S/C20H25N5O2S/c1-6-14(4)25-17(9-10-21-25)22-18(26)15(5)28-20-24-23-19(27-20)16-8-7-12(2)13(3)11-16/h7-11,14-15H,6H2,1-5H3,(H,22,26)/t14-,15-/m1/s1. The van der Waals surface area contributed by atoms with Crippen LogP contribution in [0.1, 0.15) is 44.4 Å². The number of rotatable bonds is 7. The molecule has 0 aliphatic carbocycles. The summed E-state index contributed by atoms with van der Waals surface area (Å²) >= 11 is 1.23. The summed E-state index contributed by atoms with van der Waals surface area (Å²) in [7, 11) is 0. The second kappa shape index (κ2) is 8.60. The van der Waals surface area contributed by atoms with E-state index in [9.17, 15) is 4.79 Å². The monoisotopic (exact) mass is 399 g/mol. The third-order valence-electron chi connectivity index (χ3n) is 4.74. The van der Waals surface area contributed by atoms with Crippen molar-refractivity contribution >= 4 is 23.5 Å². The van der Waals surface area contributed by atoms with Crippen molar-refractivity contribution in [3.8, 4) is 11.5 Å². The molecule has 7 nitrogen and oxygen atoms in total. The van der Waals surface area contributed by atoms with Gasteiger partial charge in [0.15, 0.2) is 0 Å². The van der Waals surface area contributed by atoms with Gasteiger partial charge in [0.25, 0.3) is 5.22 Å². The van der Waals surface area contributed by atoms with Gasteiger partial charge >= 0.3 is 0 Å². The van der Waals surface area contributed by atoms with Crippen LogP contribution in [0.25, 0.3) is 11.5 Å². The van der Waals surface area contributed by atoms with E-state index >= 15 is 0 Å². The highest BCUT2D eigenvalue weighted by atomic mass is 32.2. The van der Waals surface area contributed by atoms with Crippen molar-refractivity contribution < 1.29 is 9.21 Å². The zero-order valence-electron chi connectivity index (χ0n) is 16.8. The van der Waals surface area contributed by atoms with Crippen LogP contribution < -0.4 is 5.32 Å². The molecule has 1 N–H and O–H groups in total. The lowest BCUT2D eigenvalue weighted by molar-refractivity contribution is -0.115. The number of carbonyl (C=O) groups is 1. The third-order valence-corrected chi connectivity index (χ3v) is 5.67. The fourth-order valence-corrected chi connectivity index (χ4v) is 3.30. The summed E-state index contributed by atoms with van der Waals surface area (Å²) in [5, 5.41) is 15.4. The molecular weight excluding hydrogens is 374 g/mol. The van der Waals surface area contributed by atoms with Crippen molar-refractivity contribution in [2.24, 2.45) is 0 Å². The van der Waals surface area contributed by atoms with E-state index in [1.54, 1.807) is 12.3 Å². The van der Waals surface area contributed by atoms with E-state index in [1.807, 2.05) is 36.7 Å². The molecule has 1 aromatic carbocycles. The second-order valence-electron chi connectivity index (χ2n) is 6.84. The number of aryl methyl sites for hydroxylation is 2. The predicted molar refractivity (Wildman–Crippen MR) is 110 cm³/mol. The van der Waals surface area contributed by atoms with E-state index in [4.69, 9.17) is 4.42 Å². The van der Waals surface area contributed by atoms with Gasteiger partial charge in [-0.1, -0.05) is 24.8 Å². The Kier molecular flexibility index (Phi) is 6.18. The zero-order valence-corrected chi connectivity index (χ0v) is 17.6. The molecule has 0 spiro atoms. The molecule has 1 amide bonds. The molecule has 0 aliphatic heterocycles. The molecule has 2 heterocycles. The number of nitrogens with one attached hydrogen (secondary N) is 1. The van der Waals surface area contributed by atoms with Crippen LogP contribution in [0, 0.1) is 13.8 Å². The Bertz CT molecular complexity index is 965. The Morgan fingerprint density at radius 1 is 1.21 bits per heavy atom. The summed E-state index contributed by atoms with van der Waals surface area (Å²) in [6.45, 7) is 10.1. The van der Waals surface area contributed by atoms with Crippen molar-refractivity contribution in [2.45, 2.75) is 57.6 Å². The topological polar surface area (TPSA) is 85.8 Å². The molecular formula is C20H25N5O2S. The number of aromatic nitrogens is 4. The fourth-order valence-electron chi connectivity index (χ4n) is 2.62. The molecule has 2 atom stereocenters. The average molecular weight is 400 g/mol. The van der Waals surface area contributed by atoms with E-state index in [1.165, 1.54) is 17.3 Å². The summed E-state index contributed by atoms with van der Waals surface area (Å²) in [6, 6.07) is 8.01. The van der Waals surface area contributed by atoms with Crippen molar-refractivity contribution in [2.75, 3.05) is 5.32 Å². The summed E-state index contributed by atoms with van der Waals surface area (Å²) in [6.07, 6.45) is 2.62. The number of nitrogens with zero attached hydrogens (tertiary/aromatic N) is 4. The Morgan fingerprint density at radius 2 is 2.00 bits per heavy atom. The summed E-state index contributed by atoms with van der Waals surface area (Å²) < 4.78 is 7.56. The molecule has 28 heavy (non-hydrogen) atoms. The van der Waals surface area contributed by atoms with Gasteiger partial charge in [-0.2, -0.15) is 5.10 Å². The molecule has 0 radical (unpaired) electrons. The quantitative estimate of drug-likeness (QED) is 0.583. The van der Waals surface area contributed by atoms with Gasteiger partial charge in [-0.25, -0.2) is 4.68 Å². The molecule has 0 aliphatic rings. The predicted octanol–water partition coefficient (Wildman–Crippen LogP) is 4.64. The fraction of sp³-hybridized carbons (Fsp3) is 0.400. The van der Waals surface area contributed by atoms with Gasteiger partial charge in [-0.15, -0.1) is 10.2 Å². The maximum absolute atomic E-state index is 12.6. The first-order valence-electron chi connectivity index (χ1n) is 9.31. The van der Waals surface area contributed by atoms with Crippen LogP contribution in [0.3, 0.4) is 0 Å². The largest absolute Gasteiger partial charge is 0.411 e. The number of amides is 1. The second-order valence-corrected chi connectivity index (χ2v) is 8.13. The zero-order chi connectivity index (χ0) is 20.3. The van der Waals surface area contributed by atoms with Crippen LogP contribution in [-0.2, 0) is 4.79 Å². The summed E-state index contributed by atoms with van der Waals surface area (Å²) in [5.41, 5.74) is 3.24. The van der Waals surface area contributed by atoms with Crippen LogP contribution in [0.15, 0.2) is 40.1 Å². The number of carbonyl (C=O) groups excluding carboxylic acids is 1. The highest BCUT2D eigenvalue weighted by molar-refractivity contribution is 8.00. The van der Waals surface area contributed by atoms with Gasteiger partial charge in [0.1, 0.15) is 5.82 Å². The number of benzene rings is 1. The van der Waals surface area contributed by atoms with Crippen LogP contribution in [-0.4, -0.2) is 31.1 Å². The minimum atomic E-state index is -0.395. The van der Waals surface area contributed by atoms with Crippen molar-refractivity contribution in [3.05, 3.63) is 41.6 Å². The number of anilines is 1. The molecule has 0 saturated carbocycles. The van der Waals surface area contributed by atoms with Crippen LogP contribution in [0.2, 0.25) is 0 Å². The average Bonchev–Trinajstić information content (AvgIpc) is 3.33. The van der Waals surface area contributed by atoms with E-state index in [-0.39, 0.29) is 11.9 Å². The SMILES string of the molecule is CC[C@@H](C)n1nccc1NC(=O)[C@@H](C)Sc1nnc(-c2ccc(C)c(C)c2)o1. The van der Waals surface area contributed by atoms with Crippen molar-refractivity contribution in [3.63, 3.8) is 0 Å². The normalized spacial score (nSPS) is 13.3. The van der Waals surface area contributed by atoms with Crippen LogP contribution >= 0.6 is 11.8 Å². The van der Waals surface area contributed by atoms with Gasteiger partial charge in [-0.3, -0.25) is 4.79 Å². The molecule has 8 heteroatoms. The molecule has 0 fully saturated rings. The Hall–Kier alpha value is -2.61. The third kappa shape index (κ3) is 4.44. The highest BCUT2D eigenvalue weighted by Gasteiger charge is 2.20. The summed E-state index contributed by atoms with van der Waals surface area (Å²) in [5.74, 6) is 1.00. The summed E-state index contributed by atoms with van der Waals surface area (Å²) in [4.78, 5) is 12.6. The van der Waals surface area contributed by atoms with E-state index in [2.05, 4.69) is 41.4 Å². The van der Waals surface area contributed by atoms with Gasteiger partial charge in [0, 0.05) is 11.6 Å². The van der Waals surface area contributed by atoms with Crippen molar-refractivity contribution in [1.82, 2.24) is 20.0 Å². The highest BCUT2D eigenvalue weighted by Crippen LogP contribution is 2.28. The van der Waals surface area contributed by atoms with Gasteiger partial charge in [0.2, 0.25) is 11.8 Å². The van der Waals surface area contributed by atoms with Gasteiger partial charge in [-0.05, 0) is 57.4 Å². The van der Waals surface area contributed by atoms with E-state index in [0.717, 1.165) is 17.5 Å². The lowest BCUT2D eigenvalue weighted by Crippen LogP contribution is -2.24. The first-order chi connectivity index (χ1) is 13.4. The lowest BCUT2D eigenvalue weighted by Gasteiger charge is -2.15. The van der Waals surface area contributed by atoms with E-state index in [0.29, 0.717) is 16.9 Å². The maximum Gasteiger partial charge on any atom is 0.277 e. The number of hydrogen-bond acceptors (Lipinski definition) is 6. The Morgan fingerprint density at radius 3 is 2.71 bits per heavy atom. The van der Waals surface area contributed by atoms with Crippen molar-refractivity contribution in [1.29, 1.82) is 0 Å². The first-order valence-corrected chi connectivity index (χ1v) is 10.2. The lowest BCUT2D eigenvalue weighted by atomic mass is 10.1. The van der Waals surface area contributed by atoms with Crippen LogP contribution in [0.4, 0.5) is 5.82 Å². The molecule has 2 aromatic heterocycles. The van der Waals surface area contributed by atoms with Crippen LogP contribution in [0.5, 0.6) is 0 Å². The molecule has 0 bridgehead atoms. The number of thioether (sulfide) groups is 1. The van der Waals surface area contributed by atoms with Gasteiger partial charge < -0.3 is 9.73 Å². The molecule has 148 valence electrons. The molecule has 0 saturated heterocycles. The Balaban J connectivity index is 1.66. The number of hydrogen-bond donors (Lipinski definition) is 1. The minimum Gasteiger partial charge on any atom is -0.411 e. The first kappa shape index (κ1) is 20.1. The molecule has 3 aromatic rings. The smallest absolute Gasteiger partial charge is 0.277 e. The van der Waals surface area contributed by atoms with E-state index < -0.39 is 5.25 Å². The Labute approximate surface area is 168 Å². The van der Waals surface area contributed by atoms with Gasteiger partial charge in [0.05, 0.1) is 17.5 Å². The molecule has 0 unspecified atom stereocenters. The molecule has 3 rings (SSSR count). The maximum atomic E-state index is 12.6.